The van der Waals surface area contributed by atoms with Crippen LogP contribution < -0.4 is 10.4 Å². The molecule has 0 aliphatic carbocycles. The van der Waals surface area contributed by atoms with E-state index in [4.69, 9.17) is 33.3 Å². The number of aromatic nitrogens is 2. The minimum absolute atomic E-state index is 0.0424. The number of hydrogen-bond donors (Lipinski definition) is 1. The summed E-state index contributed by atoms with van der Waals surface area (Å²) < 4.78 is 8.50. The van der Waals surface area contributed by atoms with Gasteiger partial charge in [0.25, 0.3) is 0 Å². The van der Waals surface area contributed by atoms with Gasteiger partial charge in [-0.15, -0.1) is 0 Å². The van der Waals surface area contributed by atoms with Crippen molar-refractivity contribution in [2.24, 2.45) is 7.05 Å². The van der Waals surface area contributed by atoms with Gasteiger partial charge in [0.1, 0.15) is 5.75 Å². The third-order valence-corrected chi connectivity index (χ3v) is 4.91. The molecule has 5 nitrogen and oxygen atoms in total. The third kappa shape index (κ3) is 3.54. The Morgan fingerprint density at radius 2 is 1.81 bits per heavy atom. The molecule has 3 aromatic rings. The van der Waals surface area contributed by atoms with E-state index in [9.17, 15) is 4.79 Å². The van der Waals surface area contributed by atoms with Crippen LogP contribution in [0.2, 0.25) is 10.0 Å². The standard InChI is InChI=1S/C19H17Cl2N3O2/c1-23-17(12-3-6-14(26-2)7-4-12)10-24(19(23)22)11-18(25)13-5-8-15(20)16(21)9-13/h3-10,22H,11H2,1-2H3. The molecule has 1 aromatic heterocycles. The van der Waals surface area contributed by atoms with E-state index in [2.05, 4.69) is 0 Å². The Morgan fingerprint density at radius 1 is 1.12 bits per heavy atom. The molecule has 0 saturated heterocycles. The average molecular weight is 390 g/mol. The largest absolute Gasteiger partial charge is 0.497 e. The fourth-order valence-electron chi connectivity index (χ4n) is 2.67. The van der Waals surface area contributed by atoms with Crippen molar-refractivity contribution in [3.63, 3.8) is 0 Å². The molecular formula is C19H17Cl2N3O2. The van der Waals surface area contributed by atoms with E-state index < -0.39 is 0 Å². The maximum atomic E-state index is 12.5. The molecule has 0 atom stereocenters. The van der Waals surface area contributed by atoms with Gasteiger partial charge in [0.2, 0.25) is 5.62 Å². The molecule has 0 amide bonds. The lowest BCUT2D eigenvalue weighted by Crippen LogP contribution is -2.25. The van der Waals surface area contributed by atoms with E-state index >= 15 is 0 Å². The quantitative estimate of drug-likeness (QED) is 0.665. The lowest BCUT2D eigenvalue weighted by molar-refractivity contribution is 0.0970. The van der Waals surface area contributed by atoms with Crippen molar-refractivity contribution >= 4 is 29.0 Å². The second-order valence-corrected chi connectivity index (χ2v) is 6.62. The number of Topliss-reactive ketones (excluding diaryl/α,β-unsaturated/α-hetero) is 1. The highest BCUT2D eigenvalue weighted by atomic mass is 35.5. The van der Waals surface area contributed by atoms with Crippen LogP contribution in [0.3, 0.4) is 0 Å². The van der Waals surface area contributed by atoms with Crippen LogP contribution in [0, 0.1) is 5.41 Å². The number of imidazole rings is 1. The minimum atomic E-state index is -0.144. The van der Waals surface area contributed by atoms with E-state index in [-0.39, 0.29) is 17.9 Å². The summed E-state index contributed by atoms with van der Waals surface area (Å²) in [5.41, 5.74) is 2.45. The summed E-state index contributed by atoms with van der Waals surface area (Å²) >= 11 is 11.9. The Hall–Kier alpha value is -2.50. The van der Waals surface area contributed by atoms with Crippen LogP contribution in [-0.2, 0) is 13.6 Å². The number of rotatable bonds is 5. The van der Waals surface area contributed by atoms with E-state index in [1.807, 2.05) is 24.3 Å². The summed E-state index contributed by atoms with van der Waals surface area (Å²) in [4.78, 5) is 12.5. The van der Waals surface area contributed by atoms with Gasteiger partial charge in [0.05, 0.1) is 29.4 Å². The summed E-state index contributed by atoms with van der Waals surface area (Å²) in [6.45, 7) is 0.0424. The van der Waals surface area contributed by atoms with Crippen molar-refractivity contribution in [1.29, 1.82) is 5.41 Å². The number of carbonyl (C=O) groups excluding carboxylic acids is 1. The number of methoxy groups -OCH3 is 1. The number of benzene rings is 2. The molecular weight excluding hydrogens is 373 g/mol. The number of carbonyl (C=O) groups is 1. The van der Waals surface area contributed by atoms with Crippen molar-refractivity contribution in [2.75, 3.05) is 7.11 Å². The number of nitrogens with zero attached hydrogens (tertiary/aromatic N) is 2. The lowest BCUT2D eigenvalue weighted by Gasteiger charge is -2.04. The van der Waals surface area contributed by atoms with Crippen LogP contribution in [0.4, 0.5) is 0 Å². The number of halogens is 2. The smallest absolute Gasteiger partial charge is 0.202 e. The first-order valence-corrected chi connectivity index (χ1v) is 8.59. The van der Waals surface area contributed by atoms with Crippen LogP contribution in [0.25, 0.3) is 11.3 Å². The van der Waals surface area contributed by atoms with Crippen molar-refractivity contribution < 1.29 is 9.53 Å². The van der Waals surface area contributed by atoms with Gasteiger partial charge in [-0.2, -0.15) is 0 Å². The van der Waals surface area contributed by atoms with Crippen molar-refractivity contribution in [2.45, 2.75) is 6.54 Å². The first-order chi connectivity index (χ1) is 12.4. The maximum absolute atomic E-state index is 12.5. The Morgan fingerprint density at radius 3 is 2.42 bits per heavy atom. The van der Waals surface area contributed by atoms with Gasteiger partial charge in [-0.1, -0.05) is 23.2 Å². The molecule has 0 unspecified atom stereocenters. The van der Waals surface area contributed by atoms with Crippen molar-refractivity contribution in [1.82, 2.24) is 9.13 Å². The molecule has 7 heteroatoms. The lowest BCUT2D eigenvalue weighted by atomic mass is 10.1. The van der Waals surface area contributed by atoms with Crippen LogP contribution >= 0.6 is 23.2 Å². The summed E-state index contributed by atoms with van der Waals surface area (Å²) in [6, 6.07) is 12.3. The zero-order valence-corrected chi connectivity index (χ0v) is 15.8. The molecule has 1 heterocycles. The van der Waals surface area contributed by atoms with Gasteiger partial charge in [-0.05, 0) is 48.0 Å². The minimum Gasteiger partial charge on any atom is -0.497 e. The summed E-state index contributed by atoms with van der Waals surface area (Å²) in [7, 11) is 3.41. The highest BCUT2D eigenvalue weighted by Crippen LogP contribution is 2.24. The third-order valence-electron chi connectivity index (χ3n) is 4.17. The fourth-order valence-corrected chi connectivity index (χ4v) is 2.97. The number of nitrogens with one attached hydrogen (secondary N) is 1. The molecule has 0 spiro atoms. The van der Waals surface area contributed by atoms with Crippen LogP contribution in [0.5, 0.6) is 5.75 Å². The molecule has 134 valence electrons. The number of ether oxygens (including phenoxy) is 1. The van der Waals surface area contributed by atoms with Crippen molar-refractivity contribution in [3.05, 3.63) is 69.9 Å². The fraction of sp³-hybridized carbons (Fsp3) is 0.158. The van der Waals surface area contributed by atoms with Gasteiger partial charge >= 0.3 is 0 Å². The molecule has 1 N–H and O–H groups in total. The molecule has 0 aliphatic rings. The Labute approximate surface area is 160 Å². The Bertz CT molecular complexity index is 1020. The molecule has 0 bridgehead atoms. The highest BCUT2D eigenvalue weighted by molar-refractivity contribution is 6.42. The van der Waals surface area contributed by atoms with Gasteiger partial charge in [0, 0.05) is 18.8 Å². The molecule has 26 heavy (non-hydrogen) atoms. The van der Waals surface area contributed by atoms with Crippen LogP contribution in [0.1, 0.15) is 10.4 Å². The van der Waals surface area contributed by atoms with E-state index in [1.54, 1.807) is 47.7 Å². The first kappa shape index (κ1) is 18.3. The molecule has 0 saturated carbocycles. The Kier molecular flexibility index (Phi) is 5.20. The summed E-state index contributed by atoms with van der Waals surface area (Å²) in [5, 5.41) is 9.01. The van der Waals surface area contributed by atoms with E-state index in [1.165, 1.54) is 0 Å². The van der Waals surface area contributed by atoms with E-state index in [0.29, 0.717) is 15.6 Å². The molecule has 0 fully saturated rings. The second kappa shape index (κ2) is 7.40. The summed E-state index contributed by atoms with van der Waals surface area (Å²) in [6.07, 6.45) is 1.79. The van der Waals surface area contributed by atoms with Crippen LogP contribution in [0.15, 0.2) is 48.7 Å². The zero-order chi connectivity index (χ0) is 18.8. The van der Waals surface area contributed by atoms with Gasteiger partial charge in [-0.3, -0.25) is 10.2 Å². The Balaban J connectivity index is 1.90. The predicted molar refractivity (Wildman–Crippen MR) is 102 cm³/mol. The highest BCUT2D eigenvalue weighted by Gasteiger charge is 2.13. The molecule has 0 aliphatic heterocycles. The normalized spacial score (nSPS) is 10.8. The van der Waals surface area contributed by atoms with Gasteiger partial charge < -0.3 is 13.9 Å². The second-order valence-electron chi connectivity index (χ2n) is 5.81. The van der Waals surface area contributed by atoms with Crippen LogP contribution in [-0.4, -0.2) is 22.0 Å². The zero-order valence-electron chi connectivity index (χ0n) is 14.3. The predicted octanol–water partition coefficient (Wildman–Crippen LogP) is 4.17. The van der Waals surface area contributed by atoms with Crippen molar-refractivity contribution in [3.8, 4) is 17.0 Å². The first-order valence-electron chi connectivity index (χ1n) is 7.84. The summed E-state index contributed by atoms with van der Waals surface area (Å²) in [5.74, 6) is 0.616. The van der Waals surface area contributed by atoms with E-state index in [0.717, 1.165) is 17.0 Å². The molecule has 2 aromatic carbocycles. The average Bonchev–Trinajstić information content (AvgIpc) is 2.92. The van der Waals surface area contributed by atoms with Gasteiger partial charge in [-0.25, -0.2) is 0 Å². The number of ketones is 1. The number of hydrogen-bond acceptors (Lipinski definition) is 3. The monoisotopic (exact) mass is 389 g/mol. The van der Waals surface area contributed by atoms with Gasteiger partial charge in [0.15, 0.2) is 5.78 Å². The molecule has 3 rings (SSSR count). The molecule has 0 radical (unpaired) electrons. The SMILES string of the molecule is COc1ccc(-c2cn(CC(=O)c3ccc(Cl)c(Cl)c3)c(=N)n2C)cc1. The topological polar surface area (TPSA) is 60.0 Å². The maximum Gasteiger partial charge on any atom is 0.202 e.